The molecule has 0 saturated heterocycles. The monoisotopic (exact) mass is 424 g/mol. The summed E-state index contributed by atoms with van der Waals surface area (Å²) in [5, 5.41) is 7.85. The topological polar surface area (TPSA) is 50.2 Å². The van der Waals surface area contributed by atoms with E-state index >= 15 is 0 Å². The maximum Gasteiger partial charge on any atom is 0.256 e. The summed E-state index contributed by atoms with van der Waals surface area (Å²) in [7, 11) is 0. The Morgan fingerprint density at radius 3 is 2.47 bits per heavy atom. The number of aryl methyl sites for hydroxylation is 2. The molecule has 1 heterocycles. The highest BCUT2D eigenvalue weighted by Gasteiger charge is 2.20. The Morgan fingerprint density at radius 1 is 1.10 bits per heavy atom. The maximum absolute atomic E-state index is 12.7. The van der Waals surface area contributed by atoms with Gasteiger partial charge in [-0.25, -0.2) is 4.68 Å². The molecule has 0 fully saturated rings. The highest BCUT2D eigenvalue weighted by Crippen LogP contribution is 2.21. The molecule has 0 radical (unpaired) electrons. The van der Waals surface area contributed by atoms with Gasteiger partial charge in [-0.15, -0.1) is 0 Å². The molecule has 1 amide bonds. The first-order valence-corrected chi connectivity index (χ1v) is 10.7. The van der Waals surface area contributed by atoms with Gasteiger partial charge in [-0.05, 0) is 44.9 Å². The van der Waals surface area contributed by atoms with Crippen LogP contribution in [0.2, 0.25) is 5.15 Å². The third-order valence-corrected chi connectivity index (χ3v) is 5.52. The molecule has 0 atom stereocenters. The number of hydrogen-bond acceptors (Lipinski definition) is 3. The van der Waals surface area contributed by atoms with Crippen molar-refractivity contribution >= 4 is 23.2 Å². The number of amides is 1. The van der Waals surface area contributed by atoms with Crippen molar-refractivity contribution in [2.45, 2.75) is 33.7 Å². The predicted molar refractivity (Wildman–Crippen MR) is 124 cm³/mol. The van der Waals surface area contributed by atoms with Crippen molar-refractivity contribution in [2.24, 2.45) is 0 Å². The fourth-order valence-electron chi connectivity index (χ4n) is 3.45. The number of aromatic nitrogens is 2. The largest absolute Gasteiger partial charge is 0.372 e. The molecule has 0 bridgehead atoms. The summed E-state index contributed by atoms with van der Waals surface area (Å²) in [6, 6.07) is 18.5. The molecule has 30 heavy (non-hydrogen) atoms. The average molecular weight is 425 g/mol. The Balaban J connectivity index is 1.56. The number of anilines is 1. The van der Waals surface area contributed by atoms with Crippen LogP contribution < -0.4 is 10.2 Å². The fourth-order valence-corrected chi connectivity index (χ4v) is 3.77. The van der Waals surface area contributed by atoms with E-state index < -0.39 is 0 Å². The van der Waals surface area contributed by atoms with Crippen LogP contribution in [0.4, 0.5) is 5.69 Å². The van der Waals surface area contributed by atoms with Crippen LogP contribution in [0.25, 0.3) is 0 Å². The van der Waals surface area contributed by atoms with Gasteiger partial charge in [0.1, 0.15) is 5.15 Å². The van der Waals surface area contributed by atoms with Crippen molar-refractivity contribution in [3.63, 3.8) is 0 Å². The summed E-state index contributed by atoms with van der Waals surface area (Å²) in [6.07, 6.45) is 0.850. The summed E-state index contributed by atoms with van der Waals surface area (Å²) >= 11 is 6.50. The van der Waals surface area contributed by atoms with Gasteiger partial charge in [0.2, 0.25) is 0 Å². The molecule has 1 aromatic heterocycles. The first-order chi connectivity index (χ1) is 14.5. The number of carbonyl (C=O) groups excluding carboxylic acids is 1. The van der Waals surface area contributed by atoms with Gasteiger partial charge in [0.15, 0.2) is 0 Å². The average Bonchev–Trinajstić information content (AvgIpc) is 3.03. The fraction of sp³-hybridized carbons (Fsp3) is 0.333. The van der Waals surface area contributed by atoms with Crippen molar-refractivity contribution in [2.75, 3.05) is 24.5 Å². The van der Waals surface area contributed by atoms with E-state index in [0.29, 0.717) is 29.5 Å². The van der Waals surface area contributed by atoms with E-state index in [1.165, 1.54) is 11.3 Å². The molecule has 3 aromatic rings. The van der Waals surface area contributed by atoms with Crippen LogP contribution >= 0.6 is 11.6 Å². The van der Waals surface area contributed by atoms with Crippen LogP contribution in [-0.2, 0) is 6.54 Å². The Kier molecular flexibility index (Phi) is 7.52. The summed E-state index contributed by atoms with van der Waals surface area (Å²) < 4.78 is 1.69. The second-order valence-corrected chi connectivity index (χ2v) is 7.78. The summed E-state index contributed by atoms with van der Waals surface area (Å²) in [6.45, 7) is 8.93. The number of carbonyl (C=O) groups is 1. The first kappa shape index (κ1) is 21.9. The maximum atomic E-state index is 12.7. The van der Waals surface area contributed by atoms with Crippen molar-refractivity contribution in [3.05, 3.63) is 82.1 Å². The van der Waals surface area contributed by atoms with Gasteiger partial charge in [-0.1, -0.05) is 59.6 Å². The van der Waals surface area contributed by atoms with Gasteiger partial charge in [-0.2, -0.15) is 5.10 Å². The van der Waals surface area contributed by atoms with E-state index in [0.717, 1.165) is 25.1 Å². The number of nitrogens with zero attached hydrogens (tertiary/aromatic N) is 3. The van der Waals surface area contributed by atoms with E-state index in [4.69, 9.17) is 11.6 Å². The summed E-state index contributed by atoms with van der Waals surface area (Å²) in [4.78, 5) is 15.0. The predicted octanol–water partition coefficient (Wildman–Crippen LogP) is 4.85. The molecule has 6 heteroatoms. The smallest absolute Gasteiger partial charge is 0.256 e. The van der Waals surface area contributed by atoms with Crippen LogP contribution in [0.5, 0.6) is 0 Å². The first-order valence-electron chi connectivity index (χ1n) is 10.4. The third kappa shape index (κ3) is 5.42. The van der Waals surface area contributed by atoms with E-state index in [9.17, 15) is 4.79 Å². The highest BCUT2D eigenvalue weighted by molar-refractivity contribution is 6.33. The van der Waals surface area contributed by atoms with Crippen LogP contribution in [0.3, 0.4) is 0 Å². The minimum atomic E-state index is -0.171. The van der Waals surface area contributed by atoms with E-state index in [1.54, 1.807) is 4.68 Å². The molecule has 5 nitrogen and oxygen atoms in total. The summed E-state index contributed by atoms with van der Waals surface area (Å²) in [5.41, 5.74) is 4.60. The van der Waals surface area contributed by atoms with Crippen LogP contribution in [0, 0.1) is 13.8 Å². The summed E-state index contributed by atoms with van der Waals surface area (Å²) in [5.74, 6) is -0.171. The minimum absolute atomic E-state index is 0.171. The molecule has 2 aromatic carbocycles. The van der Waals surface area contributed by atoms with Gasteiger partial charge >= 0.3 is 0 Å². The van der Waals surface area contributed by atoms with Gasteiger partial charge in [0.25, 0.3) is 5.91 Å². The molecular formula is C24H29ClN4O. The van der Waals surface area contributed by atoms with Crippen LogP contribution in [-0.4, -0.2) is 35.3 Å². The lowest BCUT2D eigenvalue weighted by Gasteiger charge is -2.23. The molecule has 0 spiro atoms. The zero-order chi connectivity index (χ0) is 21.5. The number of para-hydroxylation sites is 1. The Labute approximate surface area is 183 Å². The second-order valence-electron chi connectivity index (χ2n) is 7.42. The van der Waals surface area contributed by atoms with Crippen molar-refractivity contribution in [3.8, 4) is 0 Å². The number of rotatable bonds is 9. The number of nitrogens with one attached hydrogen (secondary N) is 1. The molecule has 0 saturated carbocycles. The highest BCUT2D eigenvalue weighted by atomic mass is 35.5. The molecule has 1 N–H and O–H groups in total. The number of halogens is 1. The minimum Gasteiger partial charge on any atom is -0.372 e. The second kappa shape index (κ2) is 10.3. The van der Waals surface area contributed by atoms with Crippen molar-refractivity contribution in [1.29, 1.82) is 0 Å². The lowest BCUT2D eigenvalue weighted by molar-refractivity contribution is 0.0953. The third-order valence-electron chi connectivity index (χ3n) is 5.14. The lowest BCUT2D eigenvalue weighted by atomic mass is 10.1. The van der Waals surface area contributed by atoms with Crippen LogP contribution in [0.1, 0.15) is 40.5 Å². The normalized spacial score (nSPS) is 10.8. The molecular weight excluding hydrogens is 396 g/mol. The van der Waals surface area contributed by atoms with Gasteiger partial charge < -0.3 is 10.2 Å². The molecule has 0 aliphatic carbocycles. The van der Waals surface area contributed by atoms with E-state index in [2.05, 4.69) is 65.6 Å². The van der Waals surface area contributed by atoms with E-state index in [-0.39, 0.29) is 5.91 Å². The molecule has 0 unspecified atom stereocenters. The molecule has 3 rings (SSSR count). The number of hydrogen-bond donors (Lipinski definition) is 1. The number of benzene rings is 2. The zero-order valence-electron chi connectivity index (χ0n) is 17.9. The van der Waals surface area contributed by atoms with Gasteiger partial charge in [-0.3, -0.25) is 4.79 Å². The molecule has 158 valence electrons. The standard InChI is InChI=1S/C24H29ClN4O/c1-4-28(21-9-6-5-7-10-21)16-8-15-26-24(30)22-19(3)27-29(23(22)25)17-20-13-11-18(2)12-14-20/h5-7,9-14H,4,8,15-17H2,1-3H3,(H,26,30). The van der Waals surface area contributed by atoms with Gasteiger partial charge in [0.05, 0.1) is 17.8 Å². The van der Waals surface area contributed by atoms with Crippen LogP contribution in [0.15, 0.2) is 54.6 Å². The Hall–Kier alpha value is -2.79. The van der Waals surface area contributed by atoms with Crippen molar-refractivity contribution in [1.82, 2.24) is 15.1 Å². The lowest BCUT2D eigenvalue weighted by Crippen LogP contribution is -2.30. The zero-order valence-corrected chi connectivity index (χ0v) is 18.6. The Morgan fingerprint density at radius 2 is 1.80 bits per heavy atom. The SMILES string of the molecule is CCN(CCCNC(=O)c1c(C)nn(Cc2ccc(C)cc2)c1Cl)c1ccccc1. The van der Waals surface area contributed by atoms with E-state index in [1.807, 2.05) is 25.1 Å². The molecule has 0 aliphatic heterocycles. The van der Waals surface area contributed by atoms with Crippen molar-refractivity contribution < 1.29 is 4.79 Å². The Bertz CT molecular complexity index is 967. The van der Waals surface area contributed by atoms with Gasteiger partial charge in [0, 0.05) is 25.3 Å². The molecule has 0 aliphatic rings. The quantitative estimate of drug-likeness (QED) is 0.499.